The van der Waals surface area contributed by atoms with Gasteiger partial charge in [0.05, 0.1) is 12.0 Å². The SMILES string of the molecule is NCC=CC12CCCC1NCC2=O. The van der Waals surface area contributed by atoms with Gasteiger partial charge in [0, 0.05) is 12.6 Å². The number of hydrogen-bond acceptors (Lipinski definition) is 3. The van der Waals surface area contributed by atoms with Gasteiger partial charge in [-0.25, -0.2) is 0 Å². The fraction of sp³-hybridized carbons (Fsp3) is 0.700. The number of fused-ring (bicyclic) bond motifs is 1. The molecule has 1 saturated heterocycles. The van der Waals surface area contributed by atoms with Crippen LogP contribution in [0.25, 0.3) is 0 Å². The second-order valence-electron chi connectivity index (χ2n) is 3.93. The molecule has 0 radical (unpaired) electrons. The molecule has 2 atom stereocenters. The summed E-state index contributed by atoms with van der Waals surface area (Å²) >= 11 is 0. The van der Waals surface area contributed by atoms with Crippen molar-refractivity contribution in [2.24, 2.45) is 11.1 Å². The predicted molar refractivity (Wildman–Crippen MR) is 51.3 cm³/mol. The molecule has 1 aliphatic heterocycles. The maximum absolute atomic E-state index is 11.7. The van der Waals surface area contributed by atoms with Crippen LogP contribution >= 0.6 is 0 Å². The van der Waals surface area contributed by atoms with Crippen molar-refractivity contribution >= 4 is 5.78 Å². The van der Waals surface area contributed by atoms with Gasteiger partial charge in [-0.05, 0) is 12.8 Å². The Hall–Kier alpha value is -0.670. The highest BCUT2D eigenvalue weighted by Crippen LogP contribution is 2.43. The molecule has 0 aromatic carbocycles. The molecule has 3 nitrogen and oxygen atoms in total. The van der Waals surface area contributed by atoms with Crippen LogP contribution < -0.4 is 11.1 Å². The molecule has 0 aromatic rings. The first-order chi connectivity index (χ1) is 6.29. The summed E-state index contributed by atoms with van der Waals surface area (Å²) < 4.78 is 0. The lowest BCUT2D eigenvalue weighted by atomic mass is 9.81. The van der Waals surface area contributed by atoms with Crippen LogP contribution in [0.4, 0.5) is 0 Å². The monoisotopic (exact) mass is 180 g/mol. The van der Waals surface area contributed by atoms with Gasteiger partial charge in [-0.2, -0.15) is 0 Å². The molecule has 0 bridgehead atoms. The van der Waals surface area contributed by atoms with E-state index < -0.39 is 0 Å². The molecular weight excluding hydrogens is 164 g/mol. The quantitative estimate of drug-likeness (QED) is 0.597. The molecular formula is C10H16N2O. The Morgan fingerprint density at radius 1 is 1.69 bits per heavy atom. The number of carbonyl (C=O) groups excluding carboxylic acids is 1. The maximum atomic E-state index is 11.7. The number of Topliss-reactive ketones (excluding diaryl/α,β-unsaturated/α-hetero) is 1. The van der Waals surface area contributed by atoms with Crippen LogP contribution in [0.15, 0.2) is 12.2 Å². The van der Waals surface area contributed by atoms with Crippen LogP contribution in [0, 0.1) is 5.41 Å². The molecule has 13 heavy (non-hydrogen) atoms. The zero-order valence-electron chi connectivity index (χ0n) is 7.75. The molecule has 1 saturated carbocycles. The van der Waals surface area contributed by atoms with Crippen LogP contribution in [0.5, 0.6) is 0 Å². The van der Waals surface area contributed by atoms with Gasteiger partial charge in [-0.1, -0.05) is 18.6 Å². The molecule has 2 fully saturated rings. The van der Waals surface area contributed by atoms with Crippen LogP contribution in [0.2, 0.25) is 0 Å². The van der Waals surface area contributed by atoms with E-state index in [9.17, 15) is 4.79 Å². The second kappa shape index (κ2) is 3.24. The Labute approximate surface area is 78.4 Å². The summed E-state index contributed by atoms with van der Waals surface area (Å²) in [5, 5.41) is 3.28. The molecule has 3 N–H and O–H groups in total. The minimum atomic E-state index is -0.195. The Morgan fingerprint density at radius 3 is 3.31 bits per heavy atom. The number of carbonyl (C=O) groups is 1. The van der Waals surface area contributed by atoms with E-state index in [1.54, 1.807) is 0 Å². The fourth-order valence-electron chi connectivity index (χ4n) is 2.60. The van der Waals surface area contributed by atoms with Crippen molar-refractivity contribution < 1.29 is 4.79 Å². The zero-order valence-corrected chi connectivity index (χ0v) is 7.75. The van der Waals surface area contributed by atoms with Gasteiger partial charge in [-0.3, -0.25) is 4.79 Å². The molecule has 1 aliphatic carbocycles. The molecule has 1 heterocycles. The molecule has 3 heteroatoms. The summed E-state index contributed by atoms with van der Waals surface area (Å²) in [6.07, 6.45) is 7.23. The van der Waals surface area contributed by atoms with E-state index in [-0.39, 0.29) is 5.41 Å². The maximum Gasteiger partial charge on any atom is 0.158 e. The Kier molecular flexibility index (Phi) is 2.22. The van der Waals surface area contributed by atoms with Crippen molar-refractivity contribution in [3.63, 3.8) is 0 Å². The van der Waals surface area contributed by atoms with E-state index in [1.807, 2.05) is 12.2 Å². The van der Waals surface area contributed by atoms with Gasteiger partial charge in [0.25, 0.3) is 0 Å². The Balaban J connectivity index is 2.24. The van der Waals surface area contributed by atoms with Gasteiger partial charge in [0.1, 0.15) is 0 Å². The third kappa shape index (κ3) is 1.23. The molecule has 2 unspecified atom stereocenters. The number of nitrogens with two attached hydrogens (primary N) is 1. The molecule has 0 spiro atoms. The van der Waals surface area contributed by atoms with E-state index in [1.165, 1.54) is 0 Å². The first-order valence-corrected chi connectivity index (χ1v) is 4.94. The van der Waals surface area contributed by atoms with E-state index in [4.69, 9.17) is 5.73 Å². The van der Waals surface area contributed by atoms with Crippen molar-refractivity contribution in [1.82, 2.24) is 5.32 Å². The number of hydrogen-bond donors (Lipinski definition) is 2. The lowest BCUT2D eigenvalue weighted by Gasteiger charge is -2.22. The normalized spacial score (nSPS) is 38.8. The minimum Gasteiger partial charge on any atom is -0.327 e. The molecule has 0 amide bonds. The first kappa shape index (κ1) is 8.91. The van der Waals surface area contributed by atoms with Crippen molar-refractivity contribution in [2.45, 2.75) is 25.3 Å². The predicted octanol–water partition coefficient (Wildman–Crippen LogP) is 0.213. The highest BCUT2D eigenvalue weighted by molar-refractivity contribution is 5.92. The van der Waals surface area contributed by atoms with Crippen LogP contribution in [0.1, 0.15) is 19.3 Å². The van der Waals surface area contributed by atoms with Crippen LogP contribution in [-0.4, -0.2) is 24.9 Å². The Morgan fingerprint density at radius 2 is 2.54 bits per heavy atom. The minimum absolute atomic E-state index is 0.195. The van der Waals surface area contributed by atoms with Crippen molar-refractivity contribution in [3.8, 4) is 0 Å². The Bertz CT molecular complexity index is 249. The van der Waals surface area contributed by atoms with E-state index >= 15 is 0 Å². The summed E-state index contributed by atoms with van der Waals surface area (Å²) in [5.74, 6) is 0.347. The summed E-state index contributed by atoms with van der Waals surface area (Å²) in [6, 6.07) is 0.378. The standard InChI is InChI=1S/C10H16N2O/c11-6-2-5-10-4-1-3-8(10)12-7-9(10)13/h2,5,8,12H,1,3-4,6-7,11H2. The van der Waals surface area contributed by atoms with Crippen LogP contribution in [0.3, 0.4) is 0 Å². The third-order valence-electron chi connectivity index (χ3n) is 3.28. The summed E-state index contributed by atoms with van der Waals surface area (Å²) in [6.45, 7) is 1.07. The highest BCUT2D eigenvalue weighted by atomic mass is 16.1. The summed E-state index contributed by atoms with van der Waals surface area (Å²) in [5.41, 5.74) is 5.22. The fourth-order valence-corrected chi connectivity index (χ4v) is 2.60. The topological polar surface area (TPSA) is 55.1 Å². The summed E-state index contributed by atoms with van der Waals surface area (Å²) in [7, 11) is 0. The lowest BCUT2D eigenvalue weighted by Crippen LogP contribution is -2.32. The van der Waals surface area contributed by atoms with Gasteiger partial charge in [-0.15, -0.1) is 0 Å². The number of ketones is 1. The summed E-state index contributed by atoms with van der Waals surface area (Å²) in [4.78, 5) is 11.7. The molecule has 72 valence electrons. The van der Waals surface area contributed by atoms with E-state index in [2.05, 4.69) is 5.32 Å². The van der Waals surface area contributed by atoms with Crippen molar-refractivity contribution in [2.75, 3.05) is 13.1 Å². The van der Waals surface area contributed by atoms with Crippen LogP contribution in [-0.2, 0) is 4.79 Å². The number of rotatable bonds is 2. The molecule has 0 aromatic heterocycles. The van der Waals surface area contributed by atoms with Gasteiger partial charge >= 0.3 is 0 Å². The second-order valence-corrected chi connectivity index (χ2v) is 3.93. The van der Waals surface area contributed by atoms with Gasteiger partial charge in [0.2, 0.25) is 0 Å². The van der Waals surface area contributed by atoms with Gasteiger partial charge < -0.3 is 11.1 Å². The molecule has 2 rings (SSSR count). The zero-order chi connectivity index (χ0) is 9.31. The van der Waals surface area contributed by atoms with Crippen molar-refractivity contribution in [1.29, 1.82) is 0 Å². The van der Waals surface area contributed by atoms with E-state index in [0.29, 0.717) is 24.9 Å². The first-order valence-electron chi connectivity index (χ1n) is 4.94. The average molecular weight is 180 g/mol. The smallest absolute Gasteiger partial charge is 0.158 e. The highest BCUT2D eigenvalue weighted by Gasteiger charge is 2.50. The molecule has 2 aliphatic rings. The third-order valence-corrected chi connectivity index (χ3v) is 3.28. The van der Waals surface area contributed by atoms with Crippen molar-refractivity contribution in [3.05, 3.63) is 12.2 Å². The largest absolute Gasteiger partial charge is 0.327 e. The number of nitrogens with one attached hydrogen (secondary N) is 1. The average Bonchev–Trinajstić information content (AvgIpc) is 2.65. The van der Waals surface area contributed by atoms with Gasteiger partial charge in [0.15, 0.2) is 5.78 Å². The van der Waals surface area contributed by atoms with E-state index in [0.717, 1.165) is 19.3 Å². The lowest BCUT2D eigenvalue weighted by molar-refractivity contribution is -0.122.